The van der Waals surface area contributed by atoms with E-state index in [1.807, 2.05) is 16.8 Å². The van der Waals surface area contributed by atoms with Crippen LogP contribution in [0.2, 0.25) is 0 Å². The van der Waals surface area contributed by atoms with Gasteiger partial charge in [0.1, 0.15) is 11.5 Å². The number of fused-ring (bicyclic) bond motifs is 5. The van der Waals surface area contributed by atoms with Crippen LogP contribution in [0.5, 0.6) is 5.75 Å². The molecule has 1 aromatic heterocycles. The van der Waals surface area contributed by atoms with Gasteiger partial charge in [-0.2, -0.15) is 0 Å². The predicted molar refractivity (Wildman–Crippen MR) is 120 cm³/mol. The molecule has 3 aliphatic carbocycles. The first-order valence-corrected chi connectivity index (χ1v) is 12.1. The van der Waals surface area contributed by atoms with E-state index in [1.165, 1.54) is 11.1 Å². The van der Waals surface area contributed by atoms with Crippen LogP contribution in [0.25, 0.3) is 0 Å². The first-order valence-electron chi connectivity index (χ1n) is 12.1. The molecule has 5 heteroatoms. The fourth-order valence-electron chi connectivity index (χ4n) is 7.15. The van der Waals surface area contributed by atoms with Gasteiger partial charge in [-0.25, -0.2) is 0 Å². The Morgan fingerprint density at radius 3 is 2.94 bits per heavy atom. The monoisotopic (exact) mass is 421 g/mol. The quantitative estimate of drug-likeness (QED) is 0.744. The molecular weight excluding hydrogens is 386 g/mol. The topological polar surface area (TPSA) is 68.0 Å². The molecule has 31 heavy (non-hydrogen) atoms. The van der Waals surface area contributed by atoms with Crippen molar-refractivity contribution >= 4 is 5.78 Å². The number of rotatable bonds is 5. The molecule has 3 aliphatic rings. The second-order valence-corrected chi connectivity index (χ2v) is 10.9. The Bertz CT molecular complexity index is 981. The lowest BCUT2D eigenvalue weighted by molar-refractivity contribution is -0.129. The van der Waals surface area contributed by atoms with Gasteiger partial charge in [0.15, 0.2) is 0 Å². The predicted octanol–water partition coefficient (Wildman–Crippen LogP) is 4.92. The highest BCUT2D eigenvalue weighted by Gasteiger charge is 2.58. The zero-order valence-electron chi connectivity index (χ0n) is 19.1. The number of nitrogens with zero attached hydrogens (tertiary/aromatic N) is 3. The molecular formula is C26H35N3O2. The summed E-state index contributed by atoms with van der Waals surface area (Å²) in [5.74, 6) is 3.42. The van der Waals surface area contributed by atoms with Crippen molar-refractivity contribution in [3.05, 3.63) is 41.2 Å². The van der Waals surface area contributed by atoms with Crippen LogP contribution in [0.3, 0.4) is 0 Å². The molecule has 0 amide bonds. The molecule has 0 spiro atoms. The number of hydrogen-bond donors (Lipinski definition) is 1. The van der Waals surface area contributed by atoms with Crippen LogP contribution >= 0.6 is 0 Å². The third-order valence-electron chi connectivity index (χ3n) is 8.49. The van der Waals surface area contributed by atoms with Gasteiger partial charge in [0.05, 0.1) is 5.69 Å². The number of phenolic OH excluding ortho intramolecular Hbond substituents is 1. The average molecular weight is 422 g/mol. The molecule has 166 valence electrons. The van der Waals surface area contributed by atoms with E-state index in [2.05, 4.69) is 43.3 Å². The standard InChI is InChI=1S/C26H35N3O2/c1-16(2)12-19-15-29(28-27-19)11-9-18-14-24(31)26(3)10-8-22-21-7-5-20(30)13-17(21)4-6-23(22)25(18)26/h5,7,13,15-16,18,22-23,25,30H,4,6,8-12,14H2,1-3H3/t18-,22-,23-,25+,26-/m1/s1. The van der Waals surface area contributed by atoms with E-state index in [0.717, 1.165) is 57.2 Å². The molecule has 1 heterocycles. The normalized spacial score (nSPS) is 32.1. The van der Waals surface area contributed by atoms with Crippen LogP contribution in [0.4, 0.5) is 0 Å². The van der Waals surface area contributed by atoms with Gasteiger partial charge >= 0.3 is 0 Å². The van der Waals surface area contributed by atoms with Crippen LogP contribution in [-0.2, 0) is 24.2 Å². The molecule has 5 rings (SSSR count). The third-order valence-corrected chi connectivity index (χ3v) is 8.49. The van der Waals surface area contributed by atoms with Crippen molar-refractivity contribution in [1.29, 1.82) is 0 Å². The number of benzene rings is 1. The molecule has 1 N–H and O–H groups in total. The number of carbonyl (C=O) groups excluding carboxylic acids is 1. The summed E-state index contributed by atoms with van der Waals surface area (Å²) in [5.41, 5.74) is 3.63. The zero-order chi connectivity index (χ0) is 21.8. The molecule has 5 atom stereocenters. The molecule has 0 unspecified atom stereocenters. The number of ketones is 1. The highest BCUT2D eigenvalue weighted by atomic mass is 16.3. The SMILES string of the molecule is CC(C)Cc1cn(CC[C@@H]2CC(=O)[C@@]3(C)CC[C@@H]4c5ccc(O)cc5CC[C@H]4[C@H]23)nn1. The van der Waals surface area contributed by atoms with Gasteiger partial charge < -0.3 is 5.11 Å². The van der Waals surface area contributed by atoms with Gasteiger partial charge in [-0.1, -0.05) is 32.1 Å². The maximum atomic E-state index is 13.2. The molecule has 2 saturated carbocycles. The molecule has 2 fully saturated rings. The minimum Gasteiger partial charge on any atom is -0.508 e. The molecule has 0 aliphatic heterocycles. The van der Waals surface area contributed by atoms with Gasteiger partial charge in [-0.05, 0) is 91.4 Å². The Hall–Kier alpha value is -2.17. The second-order valence-electron chi connectivity index (χ2n) is 10.9. The first kappa shape index (κ1) is 20.7. The lowest BCUT2D eigenvalue weighted by Crippen LogP contribution is -2.44. The zero-order valence-corrected chi connectivity index (χ0v) is 19.1. The fourth-order valence-corrected chi connectivity index (χ4v) is 7.15. The maximum absolute atomic E-state index is 13.2. The van der Waals surface area contributed by atoms with E-state index in [9.17, 15) is 9.90 Å². The summed E-state index contributed by atoms with van der Waals surface area (Å²) in [6.07, 6.45) is 9.01. The number of phenols is 1. The van der Waals surface area contributed by atoms with Crippen molar-refractivity contribution in [3.63, 3.8) is 0 Å². The molecule has 0 saturated heterocycles. The van der Waals surface area contributed by atoms with Crippen molar-refractivity contribution in [3.8, 4) is 5.75 Å². The minimum absolute atomic E-state index is 0.161. The summed E-state index contributed by atoms with van der Waals surface area (Å²) in [5, 5.41) is 18.6. The van der Waals surface area contributed by atoms with E-state index in [1.54, 1.807) is 0 Å². The Morgan fingerprint density at radius 2 is 2.13 bits per heavy atom. The fraction of sp³-hybridized carbons (Fsp3) is 0.654. The minimum atomic E-state index is -0.161. The van der Waals surface area contributed by atoms with Crippen LogP contribution < -0.4 is 0 Å². The van der Waals surface area contributed by atoms with Crippen LogP contribution in [0, 0.1) is 29.1 Å². The Labute approximate surface area is 185 Å². The summed E-state index contributed by atoms with van der Waals surface area (Å²) >= 11 is 0. The smallest absolute Gasteiger partial charge is 0.139 e. The number of aromatic nitrogens is 3. The maximum Gasteiger partial charge on any atom is 0.139 e. The Kier molecular flexibility index (Phi) is 5.18. The van der Waals surface area contributed by atoms with Crippen molar-refractivity contribution in [2.75, 3.05) is 0 Å². The van der Waals surface area contributed by atoms with Gasteiger partial charge in [0.25, 0.3) is 0 Å². The summed E-state index contributed by atoms with van der Waals surface area (Å²) < 4.78 is 1.98. The van der Waals surface area contributed by atoms with E-state index in [0.29, 0.717) is 41.1 Å². The van der Waals surface area contributed by atoms with E-state index >= 15 is 0 Å². The highest BCUT2D eigenvalue weighted by molar-refractivity contribution is 5.87. The van der Waals surface area contributed by atoms with Crippen molar-refractivity contribution in [2.24, 2.45) is 29.1 Å². The summed E-state index contributed by atoms with van der Waals surface area (Å²) in [6.45, 7) is 7.50. The van der Waals surface area contributed by atoms with Gasteiger partial charge in [-0.15, -0.1) is 5.10 Å². The first-order chi connectivity index (χ1) is 14.8. The second kappa shape index (κ2) is 7.75. The van der Waals surface area contributed by atoms with E-state index in [-0.39, 0.29) is 5.41 Å². The molecule has 5 nitrogen and oxygen atoms in total. The molecule has 1 aromatic carbocycles. The average Bonchev–Trinajstić information content (AvgIpc) is 3.27. The molecule has 0 bridgehead atoms. The Balaban J connectivity index is 1.36. The van der Waals surface area contributed by atoms with Crippen LogP contribution in [-0.4, -0.2) is 25.9 Å². The molecule has 2 aromatic rings. The number of carbonyl (C=O) groups is 1. The van der Waals surface area contributed by atoms with Gasteiger partial charge in [0, 0.05) is 24.6 Å². The van der Waals surface area contributed by atoms with Crippen molar-refractivity contribution in [1.82, 2.24) is 15.0 Å². The number of Topliss-reactive ketones (excluding diaryl/α,β-unsaturated/α-hetero) is 1. The largest absolute Gasteiger partial charge is 0.508 e. The Morgan fingerprint density at radius 1 is 1.29 bits per heavy atom. The van der Waals surface area contributed by atoms with Crippen LogP contribution in [0.1, 0.15) is 75.6 Å². The number of hydrogen-bond acceptors (Lipinski definition) is 4. The number of aryl methyl sites for hydroxylation is 2. The van der Waals surface area contributed by atoms with E-state index < -0.39 is 0 Å². The van der Waals surface area contributed by atoms with Gasteiger partial charge in [-0.3, -0.25) is 9.48 Å². The van der Waals surface area contributed by atoms with Crippen molar-refractivity contribution < 1.29 is 9.90 Å². The van der Waals surface area contributed by atoms with Gasteiger partial charge in [0.2, 0.25) is 0 Å². The van der Waals surface area contributed by atoms with E-state index in [4.69, 9.17) is 0 Å². The number of aromatic hydroxyl groups is 1. The molecule has 0 radical (unpaired) electrons. The summed E-state index contributed by atoms with van der Waals surface area (Å²) in [4.78, 5) is 13.2. The summed E-state index contributed by atoms with van der Waals surface area (Å²) in [6, 6.07) is 5.93. The lowest BCUT2D eigenvalue weighted by Gasteiger charge is -2.50. The lowest BCUT2D eigenvalue weighted by atomic mass is 9.54. The van der Waals surface area contributed by atoms with Crippen LogP contribution in [0.15, 0.2) is 24.4 Å². The highest BCUT2D eigenvalue weighted by Crippen LogP contribution is 2.62. The third kappa shape index (κ3) is 3.60. The summed E-state index contributed by atoms with van der Waals surface area (Å²) in [7, 11) is 0. The van der Waals surface area contributed by atoms with Crippen molar-refractivity contribution in [2.45, 2.75) is 78.2 Å².